The molecule has 0 radical (unpaired) electrons. The molecule has 0 aromatic heterocycles. The summed E-state index contributed by atoms with van der Waals surface area (Å²) in [6.07, 6.45) is 10.5. The Morgan fingerprint density at radius 3 is 2.17 bits per heavy atom. The van der Waals surface area contributed by atoms with Crippen molar-refractivity contribution in [1.29, 1.82) is 0 Å². The molecule has 1 aliphatic rings. The van der Waals surface area contributed by atoms with Crippen LogP contribution in [0, 0.1) is 0 Å². The van der Waals surface area contributed by atoms with Gasteiger partial charge in [-0.2, -0.15) is 0 Å². The number of nitrogens with one attached hydrogen (secondary N) is 2. The molecule has 0 aromatic rings. The van der Waals surface area contributed by atoms with E-state index >= 15 is 0 Å². The maximum absolute atomic E-state index is 11.4. The van der Waals surface area contributed by atoms with Crippen LogP contribution in [-0.4, -0.2) is 24.4 Å². The van der Waals surface area contributed by atoms with Crippen molar-refractivity contribution in [3.63, 3.8) is 0 Å². The summed E-state index contributed by atoms with van der Waals surface area (Å²) >= 11 is 0. The van der Waals surface area contributed by atoms with Gasteiger partial charge in [0.2, 0.25) is 0 Å². The minimum absolute atomic E-state index is 0.252. The molecule has 1 rings (SSSR count). The Morgan fingerprint density at radius 2 is 1.56 bits per heavy atom. The van der Waals surface area contributed by atoms with Crippen LogP contribution in [0.5, 0.6) is 0 Å². The molecule has 0 aromatic carbocycles. The molecule has 1 aliphatic carbocycles. The minimum Gasteiger partial charge on any atom is -0.348 e. The van der Waals surface area contributed by atoms with Crippen molar-refractivity contribution in [2.24, 2.45) is 0 Å². The number of amides is 2. The number of carbonyl (C=O) groups excluding carboxylic acids is 2. The number of hydrogen-bond acceptors (Lipinski definition) is 2. The summed E-state index contributed by atoms with van der Waals surface area (Å²) in [5, 5.41) is 5.34. The molecule has 0 saturated heterocycles. The molecule has 2 N–H and O–H groups in total. The molecule has 0 unspecified atom stereocenters. The topological polar surface area (TPSA) is 58.2 Å². The first-order chi connectivity index (χ1) is 8.74. The SMILES string of the molecule is CCCCCCCCCNC(=O)C(=O)NC1CC1. The first kappa shape index (κ1) is 15.0. The van der Waals surface area contributed by atoms with Gasteiger partial charge >= 0.3 is 11.8 Å². The first-order valence-corrected chi connectivity index (χ1v) is 7.32. The maximum Gasteiger partial charge on any atom is 0.309 e. The van der Waals surface area contributed by atoms with Gasteiger partial charge in [-0.3, -0.25) is 9.59 Å². The monoisotopic (exact) mass is 254 g/mol. The Morgan fingerprint density at radius 1 is 0.944 bits per heavy atom. The largest absolute Gasteiger partial charge is 0.348 e. The lowest BCUT2D eigenvalue weighted by Crippen LogP contribution is -2.41. The number of unbranched alkanes of at least 4 members (excludes halogenated alkanes) is 6. The van der Waals surface area contributed by atoms with Crippen LogP contribution in [-0.2, 0) is 9.59 Å². The predicted molar refractivity (Wildman–Crippen MR) is 72.2 cm³/mol. The van der Waals surface area contributed by atoms with Gasteiger partial charge in [0, 0.05) is 12.6 Å². The second kappa shape index (κ2) is 8.95. The number of carbonyl (C=O) groups is 2. The lowest BCUT2D eigenvalue weighted by atomic mass is 10.1. The Bertz CT molecular complexity index is 263. The summed E-state index contributed by atoms with van der Waals surface area (Å²) < 4.78 is 0. The molecule has 1 saturated carbocycles. The highest BCUT2D eigenvalue weighted by Crippen LogP contribution is 2.18. The van der Waals surface area contributed by atoms with E-state index in [0.29, 0.717) is 6.54 Å². The number of rotatable bonds is 9. The van der Waals surface area contributed by atoms with Gasteiger partial charge in [-0.05, 0) is 19.3 Å². The minimum atomic E-state index is -0.479. The average molecular weight is 254 g/mol. The summed E-state index contributed by atoms with van der Waals surface area (Å²) in [6.45, 7) is 2.83. The summed E-state index contributed by atoms with van der Waals surface area (Å²) in [4.78, 5) is 22.7. The zero-order chi connectivity index (χ0) is 13.2. The van der Waals surface area contributed by atoms with Crippen LogP contribution in [0.4, 0.5) is 0 Å². The van der Waals surface area contributed by atoms with Crippen LogP contribution < -0.4 is 10.6 Å². The zero-order valence-corrected chi connectivity index (χ0v) is 11.5. The fraction of sp³-hybridized carbons (Fsp3) is 0.857. The third kappa shape index (κ3) is 7.30. The third-order valence-corrected chi connectivity index (χ3v) is 3.18. The molecular formula is C14H26N2O2. The van der Waals surface area contributed by atoms with Crippen molar-refractivity contribution in [2.75, 3.05) is 6.54 Å². The van der Waals surface area contributed by atoms with Gasteiger partial charge in [0.25, 0.3) is 0 Å². The number of hydrogen-bond donors (Lipinski definition) is 2. The van der Waals surface area contributed by atoms with Crippen LogP contribution in [0.15, 0.2) is 0 Å². The highest BCUT2D eigenvalue weighted by molar-refractivity contribution is 6.35. The highest BCUT2D eigenvalue weighted by Gasteiger charge is 2.25. The second-order valence-electron chi connectivity index (χ2n) is 5.12. The highest BCUT2D eigenvalue weighted by atomic mass is 16.2. The quantitative estimate of drug-likeness (QED) is 0.489. The zero-order valence-electron chi connectivity index (χ0n) is 11.5. The van der Waals surface area contributed by atoms with Crippen molar-refractivity contribution >= 4 is 11.8 Å². The molecular weight excluding hydrogens is 228 g/mol. The molecule has 1 fully saturated rings. The average Bonchev–Trinajstić information content (AvgIpc) is 3.16. The van der Waals surface area contributed by atoms with Crippen molar-refractivity contribution in [3.05, 3.63) is 0 Å². The normalized spacial score (nSPS) is 14.3. The Labute approximate surface area is 110 Å². The van der Waals surface area contributed by atoms with Gasteiger partial charge in [0.1, 0.15) is 0 Å². The standard InChI is InChI=1S/C14H26N2O2/c1-2-3-4-5-6-7-8-11-15-13(17)14(18)16-12-9-10-12/h12H,2-11H2,1H3,(H,15,17)(H,16,18). The summed E-state index contributed by atoms with van der Waals surface area (Å²) in [5.41, 5.74) is 0. The van der Waals surface area contributed by atoms with Crippen molar-refractivity contribution < 1.29 is 9.59 Å². The molecule has 0 aliphatic heterocycles. The van der Waals surface area contributed by atoms with Crippen molar-refractivity contribution in [3.8, 4) is 0 Å². The van der Waals surface area contributed by atoms with E-state index in [4.69, 9.17) is 0 Å². The molecule has 104 valence electrons. The smallest absolute Gasteiger partial charge is 0.309 e. The van der Waals surface area contributed by atoms with Gasteiger partial charge < -0.3 is 10.6 Å². The summed E-state index contributed by atoms with van der Waals surface area (Å²) in [7, 11) is 0. The van der Waals surface area contributed by atoms with Gasteiger partial charge in [-0.25, -0.2) is 0 Å². The van der Waals surface area contributed by atoms with Gasteiger partial charge in [0.15, 0.2) is 0 Å². The molecule has 18 heavy (non-hydrogen) atoms. The Balaban J connectivity index is 1.87. The molecule has 0 heterocycles. The lowest BCUT2D eigenvalue weighted by molar-refractivity contribution is -0.139. The molecule has 0 bridgehead atoms. The van der Waals surface area contributed by atoms with Crippen LogP contribution in [0.3, 0.4) is 0 Å². The Hall–Kier alpha value is -1.06. The summed E-state index contributed by atoms with van der Waals surface area (Å²) in [6, 6.07) is 0.252. The van der Waals surface area contributed by atoms with Crippen LogP contribution in [0.25, 0.3) is 0 Å². The lowest BCUT2D eigenvalue weighted by Gasteiger charge is -2.05. The molecule has 4 nitrogen and oxygen atoms in total. The van der Waals surface area contributed by atoms with E-state index in [9.17, 15) is 9.59 Å². The van der Waals surface area contributed by atoms with E-state index in [2.05, 4.69) is 17.6 Å². The van der Waals surface area contributed by atoms with Crippen molar-refractivity contribution in [1.82, 2.24) is 10.6 Å². The maximum atomic E-state index is 11.4. The van der Waals surface area contributed by atoms with E-state index in [1.165, 1.54) is 32.1 Å². The Kier molecular flexibility index (Phi) is 7.46. The van der Waals surface area contributed by atoms with Gasteiger partial charge in [0.05, 0.1) is 0 Å². The van der Waals surface area contributed by atoms with E-state index in [1.807, 2.05) is 0 Å². The van der Waals surface area contributed by atoms with Gasteiger partial charge in [-0.15, -0.1) is 0 Å². The van der Waals surface area contributed by atoms with Crippen LogP contribution in [0.1, 0.15) is 64.7 Å². The van der Waals surface area contributed by atoms with Crippen LogP contribution >= 0.6 is 0 Å². The fourth-order valence-electron chi connectivity index (χ4n) is 1.84. The third-order valence-electron chi connectivity index (χ3n) is 3.18. The fourth-order valence-corrected chi connectivity index (χ4v) is 1.84. The predicted octanol–water partition coefficient (Wildman–Crippen LogP) is 2.13. The van der Waals surface area contributed by atoms with Gasteiger partial charge in [-0.1, -0.05) is 45.4 Å². The van der Waals surface area contributed by atoms with E-state index in [-0.39, 0.29) is 6.04 Å². The van der Waals surface area contributed by atoms with E-state index < -0.39 is 11.8 Å². The molecule has 0 atom stereocenters. The molecule has 2 amide bonds. The first-order valence-electron chi connectivity index (χ1n) is 7.32. The second-order valence-corrected chi connectivity index (χ2v) is 5.12. The molecule has 4 heteroatoms. The van der Waals surface area contributed by atoms with E-state index in [1.54, 1.807) is 0 Å². The van der Waals surface area contributed by atoms with E-state index in [0.717, 1.165) is 25.7 Å². The molecule has 0 spiro atoms. The van der Waals surface area contributed by atoms with Crippen molar-refractivity contribution in [2.45, 2.75) is 70.8 Å². The van der Waals surface area contributed by atoms with Crippen LogP contribution in [0.2, 0.25) is 0 Å². The summed E-state index contributed by atoms with van der Waals surface area (Å²) in [5.74, 6) is -0.951.